The fraction of sp³-hybridized carbons (Fsp3) is 0.607. The quantitative estimate of drug-likeness (QED) is 0.489. The molecule has 0 aliphatic heterocycles. The third kappa shape index (κ3) is 5.24. The first-order chi connectivity index (χ1) is 17.5. The van der Waals surface area contributed by atoms with Crippen molar-refractivity contribution >= 4 is 23.3 Å². The predicted octanol–water partition coefficient (Wildman–Crippen LogP) is 5.03. The topological polar surface area (TPSA) is 92.4 Å². The summed E-state index contributed by atoms with van der Waals surface area (Å²) in [5.74, 6) is 2.97. The first-order valence-corrected chi connectivity index (χ1v) is 14.4. The average Bonchev–Trinajstić information content (AvgIpc) is 3.33. The Hall–Kier alpha value is -2.61. The number of hydrogen-bond donors (Lipinski definition) is 3. The van der Waals surface area contributed by atoms with E-state index >= 15 is 0 Å². The van der Waals surface area contributed by atoms with E-state index in [0.717, 1.165) is 73.5 Å². The van der Waals surface area contributed by atoms with Gasteiger partial charge in [0.15, 0.2) is 0 Å². The summed E-state index contributed by atoms with van der Waals surface area (Å²) in [6.45, 7) is 0.333. The number of urea groups is 1. The van der Waals surface area contributed by atoms with Gasteiger partial charge in [0.25, 0.3) is 5.91 Å². The first-order valence-electron chi connectivity index (χ1n) is 13.6. The maximum absolute atomic E-state index is 13.1. The highest BCUT2D eigenvalue weighted by molar-refractivity contribution is 7.09. The number of carbonyl (C=O) groups is 2. The van der Waals surface area contributed by atoms with Gasteiger partial charge in [-0.2, -0.15) is 0 Å². The van der Waals surface area contributed by atoms with Gasteiger partial charge in [0.2, 0.25) is 0 Å². The lowest BCUT2D eigenvalue weighted by Crippen LogP contribution is -2.63. The number of nitrogens with one attached hydrogen (secondary N) is 3. The van der Waals surface area contributed by atoms with Crippen LogP contribution in [0.15, 0.2) is 35.7 Å². The van der Waals surface area contributed by atoms with Gasteiger partial charge in [0, 0.05) is 17.0 Å². The van der Waals surface area contributed by atoms with E-state index in [1.807, 2.05) is 30.3 Å². The Balaban J connectivity index is 1.03. The van der Waals surface area contributed by atoms with Crippen LogP contribution in [0.1, 0.15) is 79.7 Å². The van der Waals surface area contributed by atoms with E-state index in [9.17, 15) is 9.59 Å². The Bertz CT molecular complexity index is 1050. The molecule has 1 heterocycles. The summed E-state index contributed by atoms with van der Waals surface area (Å²) in [7, 11) is 0. The SMILES string of the molecule is O=C(N[C@@H]1CCCC[C@H]1NC(=O)c1csc(COc2ccccc2)n1)NC12CC3CC(CC(C3)C1)C2. The number of amides is 3. The van der Waals surface area contributed by atoms with Crippen LogP contribution in [-0.4, -0.2) is 34.5 Å². The van der Waals surface area contributed by atoms with Crippen LogP contribution < -0.4 is 20.7 Å². The Labute approximate surface area is 216 Å². The number of hydrogen-bond acceptors (Lipinski definition) is 5. The van der Waals surface area contributed by atoms with Gasteiger partial charge in [-0.3, -0.25) is 4.79 Å². The molecule has 5 saturated carbocycles. The Morgan fingerprint density at radius 2 is 1.58 bits per heavy atom. The molecule has 3 amide bonds. The summed E-state index contributed by atoms with van der Waals surface area (Å²) >= 11 is 1.42. The van der Waals surface area contributed by atoms with Crippen LogP contribution in [0.4, 0.5) is 4.79 Å². The van der Waals surface area contributed by atoms with Crippen molar-refractivity contribution in [2.75, 3.05) is 0 Å². The number of nitrogens with zero attached hydrogens (tertiary/aromatic N) is 1. The molecule has 1 aromatic carbocycles. The van der Waals surface area contributed by atoms with Crippen LogP contribution in [0.3, 0.4) is 0 Å². The van der Waals surface area contributed by atoms with Crippen molar-refractivity contribution in [2.24, 2.45) is 17.8 Å². The molecule has 0 saturated heterocycles. The largest absolute Gasteiger partial charge is 0.486 e. The maximum Gasteiger partial charge on any atom is 0.315 e. The van der Waals surface area contributed by atoms with Crippen molar-refractivity contribution in [2.45, 2.75) is 88.4 Å². The van der Waals surface area contributed by atoms with Crippen LogP contribution in [0.25, 0.3) is 0 Å². The predicted molar refractivity (Wildman–Crippen MR) is 139 cm³/mol. The van der Waals surface area contributed by atoms with E-state index in [1.165, 1.54) is 30.6 Å². The van der Waals surface area contributed by atoms with E-state index in [-0.39, 0.29) is 29.6 Å². The van der Waals surface area contributed by atoms with E-state index < -0.39 is 0 Å². The van der Waals surface area contributed by atoms with Gasteiger partial charge in [0.05, 0.1) is 6.04 Å². The second-order valence-corrected chi connectivity index (χ2v) is 12.4. The molecule has 3 N–H and O–H groups in total. The van der Waals surface area contributed by atoms with Gasteiger partial charge >= 0.3 is 6.03 Å². The van der Waals surface area contributed by atoms with Crippen molar-refractivity contribution in [3.05, 3.63) is 46.4 Å². The zero-order valence-electron chi connectivity index (χ0n) is 20.7. The Morgan fingerprint density at radius 3 is 2.25 bits per heavy atom. The minimum atomic E-state index is -0.183. The summed E-state index contributed by atoms with van der Waals surface area (Å²) in [6.07, 6.45) is 11.3. The second kappa shape index (κ2) is 10.0. The van der Waals surface area contributed by atoms with Crippen molar-refractivity contribution in [1.82, 2.24) is 20.9 Å². The standard InChI is InChI=1S/C28H36N4O3S/c33-26(24-17-36-25(29-24)16-35-21-6-2-1-3-7-21)30-22-8-4-5-9-23(22)31-27(34)32-28-13-18-10-19(14-28)12-20(11-18)15-28/h1-3,6-7,17-20,22-23H,4-5,8-16H2,(H,30,33)(H2,31,32,34)/t18?,19?,20?,22-,23-,28?/m1/s1. The maximum atomic E-state index is 13.1. The summed E-state index contributed by atoms with van der Waals surface area (Å²) in [6, 6.07) is 9.39. The molecule has 0 spiro atoms. The molecule has 7 rings (SSSR count). The molecule has 7 nitrogen and oxygen atoms in total. The summed E-state index contributed by atoms with van der Waals surface area (Å²) in [5.41, 5.74) is 0.402. The Kier molecular flexibility index (Phi) is 6.63. The lowest BCUT2D eigenvalue weighted by molar-refractivity contribution is -0.0138. The van der Waals surface area contributed by atoms with Gasteiger partial charge in [-0.15, -0.1) is 11.3 Å². The number of benzene rings is 1. The molecule has 1 aromatic heterocycles. The second-order valence-electron chi connectivity index (χ2n) is 11.5. The molecule has 0 radical (unpaired) electrons. The van der Waals surface area contributed by atoms with Crippen molar-refractivity contribution < 1.29 is 14.3 Å². The van der Waals surface area contributed by atoms with Crippen LogP contribution >= 0.6 is 11.3 Å². The van der Waals surface area contributed by atoms with Crippen LogP contribution in [0.2, 0.25) is 0 Å². The summed E-state index contributed by atoms with van der Waals surface area (Å²) < 4.78 is 5.76. The molecule has 0 unspecified atom stereocenters. The lowest BCUT2D eigenvalue weighted by Gasteiger charge is -2.56. The van der Waals surface area contributed by atoms with Crippen LogP contribution in [-0.2, 0) is 6.61 Å². The molecule has 5 aliphatic carbocycles. The van der Waals surface area contributed by atoms with Crippen LogP contribution in [0.5, 0.6) is 5.75 Å². The Morgan fingerprint density at radius 1 is 0.944 bits per heavy atom. The number of rotatable bonds is 7. The zero-order chi connectivity index (χ0) is 24.5. The highest BCUT2D eigenvalue weighted by Crippen LogP contribution is 2.55. The number of thiazole rings is 1. The molecular weight excluding hydrogens is 472 g/mol. The lowest BCUT2D eigenvalue weighted by atomic mass is 9.53. The van der Waals surface area contributed by atoms with Crippen LogP contribution in [0, 0.1) is 17.8 Å². The molecule has 8 heteroatoms. The normalized spacial score (nSPS) is 32.6. The van der Waals surface area contributed by atoms with E-state index in [0.29, 0.717) is 12.3 Å². The fourth-order valence-corrected chi connectivity index (χ4v) is 8.26. The molecule has 5 fully saturated rings. The highest BCUT2D eigenvalue weighted by Gasteiger charge is 2.51. The monoisotopic (exact) mass is 508 g/mol. The van der Waals surface area contributed by atoms with Gasteiger partial charge in [0.1, 0.15) is 23.1 Å². The number of carbonyl (C=O) groups excluding carboxylic acids is 2. The molecule has 192 valence electrons. The molecule has 4 bridgehead atoms. The fourth-order valence-electron chi connectivity index (χ4n) is 7.57. The number of aromatic nitrogens is 1. The highest BCUT2D eigenvalue weighted by atomic mass is 32.1. The average molecular weight is 509 g/mol. The zero-order valence-corrected chi connectivity index (χ0v) is 21.5. The van der Waals surface area contributed by atoms with Crippen molar-refractivity contribution in [1.29, 1.82) is 0 Å². The number of ether oxygens (including phenoxy) is 1. The van der Waals surface area contributed by atoms with E-state index in [2.05, 4.69) is 20.9 Å². The third-order valence-corrected chi connectivity index (χ3v) is 9.53. The molecule has 36 heavy (non-hydrogen) atoms. The van der Waals surface area contributed by atoms with Gasteiger partial charge in [-0.1, -0.05) is 31.0 Å². The summed E-state index contributed by atoms with van der Waals surface area (Å²) in [4.78, 5) is 30.6. The van der Waals surface area contributed by atoms with Crippen molar-refractivity contribution in [3.8, 4) is 5.75 Å². The van der Waals surface area contributed by atoms with Gasteiger partial charge in [-0.25, -0.2) is 9.78 Å². The summed E-state index contributed by atoms with van der Waals surface area (Å²) in [5, 5.41) is 12.4. The molecular formula is C28H36N4O3S. The molecule has 2 aromatic rings. The first kappa shape index (κ1) is 23.8. The molecule has 2 atom stereocenters. The molecule has 5 aliphatic rings. The number of para-hydroxylation sites is 1. The minimum absolute atomic E-state index is 0.00887. The minimum Gasteiger partial charge on any atom is -0.486 e. The van der Waals surface area contributed by atoms with E-state index in [4.69, 9.17) is 4.74 Å². The third-order valence-electron chi connectivity index (χ3n) is 8.71. The van der Waals surface area contributed by atoms with Gasteiger partial charge in [-0.05, 0) is 81.3 Å². The van der Waals surface area contributed by atoms with E-state index in [1.54, 1.807) is 5.38 Å². The van der Waals surface area contributed by atoms with Crippen molar-refractivity contribution in [3.63, 3.8) is 0 Å². The smallest absolute Gasteiger partial charge is 0.315 e. The van der Waals surface area contributed by atoms with Gasteiger partial charge < -0.3 is 20.7 Å².